The minimum atomic E-state index is -4.76. The molecule has 0 saturated carbocycles. The second-order valence-corrected chi connectivity index (χ2v) is 4.54. The van der Waals surface area contributed by atoms with Gasteiger partial charge >= 0.3 is 6.36 Å². The van der Waals surface area contributed by atoms with Gasteiger partial charge < -0.3 is 9.64 Å². The molecule has 0 spiro atoms. The van der Waals surface area contributed by atoms with E-state index in [1.807, 2.05) is 0 Å². The van der Waals surface area contributed by atoms with E-state index in [1.165, 1.54) is 18.2 Å². The molecule has 0 atom stereocenters. The molecule has 1 aromatic carbocycles. The molecule has 0 radical (unpaired) electrons. The minimum absolute atomic E-state index is 0.0501. The molecule has 0 bridgehead atoms. The summed E-state index contributed by atoms with van der Waals surface area (Å²) in [5, 5.41) is -0.0501. The van der Waals surface area contributed by atoms with Crippen LogP contribution in [0.2, 0.25) is 5.28 Å². The van der Waals surface area contributed by atoms with Gasteiger partial charge in [-0.2, -0.15) is 15.0 Å². The largest absolute Gasteiger partial charge is 0.573 e. The summed E-state index contributed by atoms with van der Waals surface area (Å²) in [6.45, 7) is 0. The molecule has 0 fully saturated rings. The van der Waals surface area contributed by atoms with Gasteiger partial charge in [0.25, 0.3) is 0 Å². The van der Waals surface area contributed by atoms with E-state index >= 15 is 0 Å². The number of hydrogen-bond acceptors (Lipinski definition) is 5. The lowest BCUT2D eigenvalue weighted by atomic mass is 10.2. The topological polar surface area (TPSA) is 51.1 Å². The van der Waals surface area contributed by atoms with Gasteiger partial charge in [-0.25, -0.2) is 0 Å². The maximum Gasteiger partial charge on any atom is 0.573 e. The zero-order chi connectivity index (χ0) is 15.6. The van der Waals surface area contributed by atoms with Gasteiger partial charge in [0.2, 0.25) is 11.2 Å². The Labute approximate surface area is 123 Å². The first-order valence-electron chi connectivity index (χ1n) is 5.70. The van der Waals surface area contributed by atoms with Crippen LogP contribution in [0.3, 0.4) is 0 Å². The van der Waals surface area contributed by atoms with Crippen molar-refractivity contribution >= 4 is 17.5 Å². The molecule has 1 aromatic heterocycles. The number of ether oxygens (including phenoxy) is 1. The van der Waals surface area contributed by atoms with Crippen LogP contribution in [0.5, 0.6) is 5.75 Å². The summed E-state index contributed by atoms with van der Waals surface area (Å²) in [4.78, 5) is 13.5. The highest BCUT2D eigenvalue weighted by Crippen LogP contribution is 2.27. The van der Waals surface area contributed by atoms with E-state index in [2.05, 4.69) is 19.7 Å². The van der Waals surface area contributed by atoms with Crippen molar-refractivity contribution in [2.24, 2.45) is 0 Å². The average molecular weight is 319 g/mol. The van der Waals surface area contributed by atoms with Gasteiger partial charge in [-0.05, 0) is 23.7 Å². The van der Waals surface area contributed by atoms with Crippen LogP contribution in [-0.2, 0) is 0 Å². The molecule has 2 rings (SSSR count). The molecule has 2 aromatic rings. The monoisotopic (exact) mass is 318 g/mol. The third-order valence-electron chi connectivity index (χ3n) is 2.32. The van der Waals surface area contributed by atoms with Crippen LogP contribution in [0, 0.1) is 0 Å². The van der Waals surface area contributed by atoms with E-state index in [4.69, 9.17) is 11.6 Å². The molecule has 21 heavy (non-hydrogen) atoms. The molecule has 0 aliphatic carbocycles. The van der Waals surface area contributed by atoms with Crippen molar-refractivity contribution in [1.82, 2.24) is 15.0 Å². The number of hydrogen-bond donors (Lipinski definition) is 0. The van der Waals surface area contributed by atoms with Crippen LogP contribution in [0.25, 0.3) is 11.4 Å². The molecule has 1 heterocycles. The van der Waals surface area contributed by atoms with E-state index in [0.29, 0.717) is 11.5 Å². The summed E-state index contributed by atoms with van der Waals surface area (Å²) >= 11 is 5.79. The third-order valence-corrected chi connectivity index (χ3v) is 2.49. The molecule has 9 heteroatoms. The van der Waals surface area contributed by atoms with E-state index < -0.39 is 6.36 Å². The van der Waals surface area contributed by atoms with E-state index in [1.54, 1.807) is 25.1 Å². The molecule has 0 N–H and O–H groups in total. The number of benzene rings is 1. The minimum Gasteiger partial charge on any atom is -0.406 e. The first-order valence-corrected chi connectivity index (χ1v) is 6.07. The van der Waals surface area contributed by atoms with Crippen molar-refractivity contribution < 1.29 is 17.9 Å². The van der Waals surface area contributed by atoms with E-state index in [-0.39, 0.29) is 16.9 Å². The number of halogens is 4. The van der Waals surface area contributed by atoms with Crippen molar-refractivity contribution in [3.63, 3.8) is 0 Å². The van der Waals surface area contributed by atoms with E-state index in [9.17, 15) is 13.2 Å². The predicted molar refractivity (Wildman–Crippen MR) is 71.3 cm³/mol. The molecular formula is C12H10ClF3N4O. The summed E-state index contributed by atoms with van der Waals surface area (Å²) in [5.41, 5.74) is 0.337. The lowest BCUT2D eigenvalue weighted by molar-refractivity contribution is -0.274. The summed E-state index contributed by atoms with van der Waals surface area (Å²) in [6.07, 6.45) is -4.76. The first kappa shape index (κ1) is 15.3. The second kappa shape index (κ2) is 5.72. The highest BCUT2D eigenvalue weighted by Gasteiger charge is 2.31. The molecule has 5 nitrogen and oxygen atoms in total. The van der Waals surface area contributed by atoms with E-state index in [0.717, 1.165) is 0 Å². The highest BCUT2D eigenvalue weighted by molar-refractivity contribution is 6.28. The lowest BCUT2D eigenvalue weighted by Gasteiger charge is -2.12. The number of nitrogens with zero attached hydrogens (tertiary/aromatic N) is 4. The maximum absolute atomic E-state index is 12.2. The molecule has 0 aliphatic rings. The SMILES string of the molecule is CN(C)c1nc(Cl)nc(-c2cccc(OC(F)(F)F)c2)n1. The van der Waals surface area contributed by atoms with Crippen LogP contribution < -0.4 is 9.64 Å². The quantitative estimate of drug-likeness (QED) is 0.870. The molecule has 0 aliphatic heterocycles. The standard InChI is InChI=1S/C12H10ClF3N4O/c1-20(2)11-18-9(17-10(13)19-11)7-4-3-5-8(6-7)21-12(14,15)16/h3-6H,1-2H3. The zero-order valence-electron chi connectivity index (χ0n) is 11.0. The number of alkyl halides is 3. The van der Waals surface area contributed by atoms with Gasteiger partial charge in [-0.3, -0.25) is 0 Å². The Morgan fingerprint density at radius 3 is 2.48 bits per heavy atom. The zero-order valence-corrected chi connectivity index (χ0v) is 11.8. The third kappa shape index (κ3) is 4.19. The van der Waals surface area contributed by atoms with Gasteiger partial charge in [0.1, 0.15) is 5.75 Å². The van der Waals surface area contributed by atoms with Gasteiger partial charge in [0.05, 0.1) is 0 Å². The summed E-state index contributed by atoms with van der Waals surface area (Å²) < 4.78 is 40.5. The Morgan fingerprint density at radius 2 is 1.86 bits per heavy atom. The average Bonchev–Trinajstić information content (AvgIpc) is 2.36. The first-order chi connectivity index (χ1) is 9.74. The Kier molecular flexibility index (Phi) is 4.17. The lowest BCUT2D eigenvalue weighted by Crippen LogP contribution is -2.17. The summed E-state index contributed by atoms with van der Waals surface area (Å²) in [7, 11) is 3.41. The van der Waals surface area contributed by atoms with Crippen molar-refractivity contribution in [2.45, 2.75) is 6.36 Å². The Balaban J connectivity index is 2.40. The van der Waals surface area contributed by atoms with Crippen molar-refractivity contribution in [3.05, 3.63) is 29.5 Å². The second-order valence-electron chi connectivity index (χ2n) is 4.20. The van der Waals surface area contributed by atoms with Crippen molar-refractivity contribution in [3.8, 4) is 17.1 Å². The smallest absolute Gasteiger partial charge is 0.406 e. The van der Waals surface area contributed by atoms with Crippen molar-refractivity contribution in [2.75, 3.05) is 19.0 Å². The maximum atomic E-state index is 12.2. The van der Waals surface area contributed by atoms with Crippen LogP contribution in [0.15, 0.2) is 24.3 Å². The summed E-state index contributed by atoms with van der Waals surface area (Å²) in [6, 6.07) is 5.32. The normalized spacial score (nSPS) is 11.3. The Morgan fingerprint density at radius 1 is 1.14 bits per heavy atom. The molecule has 112 valence electrons. The van der Waals surface area contributed by atoms with Crippen LogP contribution in [0.1, 0.15) is 0 Å². The van der Waals surface area contributed by atoms with Gasteiger partial charge in [0, 0.05) is 19.7 Å². The molecule has 0 saturated heterocycles. The summed E-state index contributed by atoms with van der Waals surface area (Å²) in [5.74, 6) is 0.0985. The molecule has 0 unspecified atom stereocenters. The Bertz CT molecular complexity index is 649. The fourth-order valence-electron chi connectivity index (χ4n) is 1.50. The van der Waals surface area contributed by atoms with Crippen LogP contribution >= 0.6 is 11.6 Å². The molecular weight excluding hydrogens is 309 g/mol. The number of aromatic nitrogens is 3. The molecule has 0 amide bonds. The van der Waals surface area contributed by atoms with Gasteiger partial charge in [-0.1, -0.05) is 12.1 Å². The fourth-order valence-corrected chi connectivity index (χ4v) is 1.66. The van der Waals surface area contributed by atoms with Crippen LogP contribution in [0.4, 0.5) is 19.1 Å². The number of rotatable bonds is 3. The fraction of sp³-hybridized carbons (Fsp3) is 0.250. The van der Waals surface area contributed by atoms with Gasteiger partial charge in [0.15, 0.2) is 5.82 Å². The Hall–Kier alpha value is -2.09. The predicted octanol–water partition coefficient (Wildman–Crippen LogP) is 3.16. The highest BCUT2D eigenvalue weighted by atomic mass is 35.5. The number of anilines is 1. The van der Waals surface area contributed by atoms with Gasteiger partial charge in [-0.15, -0.1) is 13.2 Å². The van der Waals surface area contributed by atoms with Crippen LogP contribution in [-0.4, -0.2) is 35.4 Å². The van der Waals surface area contributed by atoms with Crippen molar-refractivity contribution in [1.29, 1.82) is 0 Å².